The number of pyridine rings is 2. The minimum atomic E-state index is -0.703. The number of fused-ring (bicyclic) bond motifs is 1. The topological polar surface area (TPSA) is 83.1 Å². The van der Waals surface area contributed by atoms with E-state index in [-0.39, 0.29) is 29.8 Å². The van der Waals surface area contributed by atoms with Crippen LogP contribution in [0.25, 0.3) is 21.3 Å². The van der Waals surface area contributed by atoms with Gasteiger partial charge in [0.25, 0.3) is 5.56 Å². The van der Waals surface area contributed by atoms with Gasteiger partial charge in [0.1, 0.15) is 0 Å². The Hall–Kier alpha value is -2.51. The number of carbonyl (C=O) groups is 2. The molecule has 1 saturated heterocycles. The van der Waals surface area contributed by atoms with E-state index in [4.69, 9.17) is 11.6 Å². The van der Waals surface area contributed by atoms with Gasteiger partial charge in [0.05, 0.1) is 27.2 Å². The number of imide groups is 1. The SMILES string of the molecule is CC1C(=O)N(Cc2cc3nccc(-c4cc(Cl)c[nH]c4=O)c3s2)C(=O)C1(C)C. The molecule has 0 saturated carbocycles. The second-order valence-electron chi connectivity index (χ2n) is 7.52. The molecule has 1 aliphatic heterocycles. The van der Waals surface area contributed by atoms with Crippen LogP contribution < -0.4 is 5.56 Å². The highest BCUT2D eigenvalue weighted by molar-refractivity contribution is 7.19. The smallest absolute Gasteiger partial charge is 0.255 e. The molecule has 1 atom stereocenters. The molecule has 0 spiro atoms. The van der Waals surface area contributed by atoms with E-state index >= 15 is 0 Å². The Bertz CT molecular complexity index is 1180. The van der Waals surface area contributed by atoms with Crippen LogP contribution in [-0.2, 0) is 16.1 Å². The van der Waals surface area contributed by atoms with E-state index in [2.05, 4.69) is 9.97 Å². The predicted molar refractivity (Wildman–Crippen MR) is 109 cm³/mol. The van der Waals surface area contributed by atoms with Crippen molar-refractivity contribution in [2.75, 3.05) is 0 Å². The summed E-state index contributed by atoms with van der Waals surface area (Å²) >= 11 is 7.47. The second-order valence-corrected chi connectivity index (χ2v) is 9.09. The molecule has 1 fully saturated rings. The van der Waals surface area contributed by atoms with Gasteiger partial charge in [0.2, 0.25) is 11.8 Å². The van der Waals surface area contributed by atoms with Crippen molar-refractivity contribution in [3.8, 4) is 11.1 Å². The number of halogens is 1. The van der Waals surface area contributed by atoms with Crippen molar-refractivity contribution in [1.82, 2.24) is 14.9 Å². The average Bonchev–Trinajstić information content (AvgIpc) is 3.13. The zero-order valence-electron chi connectivity index (χ0n) is 15.6. The molecule has 3 aromatic rings. The number of rotatable bonds is 3. The van der Waals surface area contributed by atoms with Crippen LogP contribution in [0.2, 0.25) is 5.02 Å². The van der Waals surface area contributed by atoms with Crippen molar-refractivity contribution in [3.63, 3.8) is 0 Å². The lowest BCUT2D eigenvalue weighted by molar-refractivity contribution is -0.141. The van der Waals surface area contributed by atoms with Gasteiger partial charge in [-0.05, 0) is 18.2 Å². The number of aromatic amines is 1. The Morgan fingerprint density at radius 1 is 1.25 bits per heavy atom. The third-order valence-corrected chi connectivity index (χ3v) is 6.81. The summed E-state index contributed by atoms with van der Waals surface area (Å²) in [5.74, 6) is -0.679. The van der Waals surface area contributed by atoms with Gasteiger partial charge in [-0.25, -0.2) is 0 Å². The highest BCUT2D eigenvalue weighted by Gasteiger charge is 2.50. The molecule has 4 heterocycles. The number of nitrogens with zero attached hydrogens (tertiary/aromatic N) is 2. The highest BCUT2D eigenvalue weighted by Crippen LogP contribution is 2.39. The lowest BCUT2D eigenvalue weighted by atomic mass is 9.82. The van der Waals surface area contributed by atoms with Gasteiger partial charge < -0.3 is 4.98 Å². The Morgan fingerprint density at radius 3 is 2.68 bits per heavy atom. The summed E-state index contributed by atoms with van der Waals surface area (Å²) in [5.41, 5.74) is 0.940. The minimum Gasteiger partial charge on any atom is -0.327 e. The summed E-state index contributed by atoms with van der Waals surface area (Å²) < 4.78 is 0.816. The quantitative estimate of drug-likeness (QED) is 0.659. The third-order valence-electron chi connectivity index (χ3n) is 5.45. The third kappa shape index (κ3) is 2.86. The van der Waals surface area contributed by atoms with E-state index in [0.717, 1.165) is 15.1 Å². The maximum absolute atomic E-state index is 12.7. The lowest BCUT2D eigenvalue weighted by Gasteiger charge is -2.18. The Balaban J connectivity index is 1.76. The fourth-order valence-electron chi connectivity index (χ4n) is 3.42. The largest absolute Gasteiger partial charge is 0.327 e. The first-order valence-corrected chi connectivity index (χ1v) is 10.0. The Kier molecular flexibility index (Phi) is 4.39. The van der Waals surface area contributed by atoms with E-state index in [0.29, 0.717) is 16.1 Å². The van der Waals surface area contributed by atoms with Crippen LogP contribution >= 0.6 is 22.9 Å². The molecule has 8 heteroatoms. The predicted octanol–water partition coefficient (Wildman–Crippen LogP) is 3.84. The number of hydrogen-bond acceptors (Lipinski definition) is 5. The molecule has 0 bridgehead atoms. The van der Waals surface area contributed by atoms with Gasteiger partial charge in [0.15, 0.2) is 0 Å². The van der Waals surface area contributed by atoms with E-state index in [9.17, 15) is 14.4 Å². The van der Waals surface area contributed by atoms with E-state index in [1.807, 2.05) is 6.07 Å². The van der Waals surface area contributed by atoms with Crippen LogP contribution in [0, 0.1) is 11.3 Å². The summed E-state index contributed by atoms with van der Waals surface area (Å²) in [4.78, 5) is 46.6. The van der Waals surface area contributed by atoms with Crippen LogP contribution in [0.4, 0.5) is 0 Å². The summed E-state index contributed by atoms with van der Waals surface area (Å²) in [6.07, 6.45) is 3.07. The van der Waals surface area contributed by atoms with Gasteiger partial charge in [-0.1, -0.05) is 32.4 Å². The number of thiophene rings is 1. The van der Waals surface area contributed by atoms with E-state index in [1.54, 1.807) is 39.1 Å². The van der Waals surface area contributed by atoms with Crippen molar-refractivity contribution < 1.29 is 9.59 Å². The first-order chi connectivity index (χ1) is 13.2. The zero-order valence-corrected chi connectivity index (χ0v) is 17.1. The molecule has 0 aromatic carbocycles. The van der Waals surface area contributed by atoms with Crippen LogP contribution in [0.5, 0.6) is 0 Å². The van der Waals surface area contributed by atoms with Crippen LogP contribution in [0.15, 0.2) is 35.4 Å². The van der Waals surface area contributed by atoms with Crippen molar-refractivity contribution >= 4 is 45.0 Å². The van der Waals surface area contributed by atoms with Gasteiger partial charge >= 0.3 is 0 Å². The number of aromatic nitrogens is 2. The number of hydrogen-bond donors (Lipinski definition) is 1. The molecule has 0 radical (unpaired) electrons. The number of H-pyrrole nitrogens is 1. The average molecular weight is 416 g/mol. The number of carbonyl (C=O) groups excluding carboxylic acids is 2. The molecule has 1 aliphatic rings. The van der Waals surface area contributed by atoms with Crippen LogP contribution in [0.3, 0.4) is 0 Å². The van der Waals surface area contributed by atoms with E-state index in [1.165, 1.54) is 22.4 Å². The number of likely N-dealkylation sites (tertiary alicyclic amines) is 1. The number of amides is 2. The fourth-order valence-corrected chi connectivity index (χ4v) is 4.71. The molecule has 1 unspecified atom stereocenters. The monoisotopic (exact) mass is 415 g/mol. The number of nitrogens with one attached hydrogen (secondary N) is 1. The van der Waals surface area contributed by atoms with Crippen molar-refractivity contribution in [1.29, 1.82) is 0 Å². The fraction of sp³-hybridized carbons (Fsp3) is 0.300. The van der Waals surface area contributed by atoms with Crippen molar-refractivity contribution in [3.05, 3.63) is 50.8 Å². The lowest BCUT2D eigenvalue weighted by Crippen LogP contribution is -2.32. The summed E-state index contributed by atoms with van der Waals surface area (Å²) in [6, 6.07) is 5.24. The molecule has 2 amide bonds. The van der Waals surface area contributed by atoms with Gasteiger partial charge in [-0.3, -0.25) is 24.3 Å². The second kappa shape index (κ2) is 6.53. The molecule has 144 valence electrons. The highest BCUT2D eigenvalue weighted by atomic mass is 35.5. The molecule has 4 rings (SSSR count). The maximum atomic E-state index is 12.7. The molecular weight excluding hydrogens is 398 g/mol. The standard InChI is InChI=1S/C20H18ClN3O3S/c1-10-18(26)24(19(27)20(10,2)3)9-12-7-15-16(28-12)13(4-5-22-15)14-6-11(21)8-23-17(14)25/h4-8,10H,9H2,1-3H3,(H,23,25). The minimum absolute atomic E-state index is 0.160. The summed E-state index contributed by atoms with van der Waals surface area (Å²) in [6.45, 7) is 5.59. The van der Waals surface area contributed by atoms with Crippen molar-refractivity contribution in [2.45, 2.75) is 27.3 Å². The molecule has 6 nitrogen and oxygen atoms in total. The first kappa shape index (κ1) is 18.8. The van der Waals surface area contributed by atoms with Crippen molar-refractivity contribution in [2.24, 2.45) is 11.3 Å². The molecule has 3 aromatic heterocycles. The molecule has 1 N–H and O–H groups in total. The molecule has 0 aliphatic carbocycles. The summed E-state index contributed by atoms with van der Waals surface area (Å²) in [7, 11) is 0. The molecule has 28 heavy (non-hydrogen) atoms. The van der Waals surface area contributed by atoms with Crippen LogP contribution in [0.1, 0.15) is 25.6 Å². The first-order valence-electron chi connectivity index (χ1n) is 8.82. The zero-order chi connectivity index (χ0) is 20.2. The van der Waals surface area contributed by atoms with Gasteiger partial charge in [-0.15, -0.1) is 11.3 Å². The maximum Gasteiger partial charge on any atom is 0.255 e. The van der Waals surface area contributed by atoms with Crippen LogP contribution in [-0.4, -0.2) is 26.7 Å². The normalized spacial score (nSPS) is 19.0. The Labute approximate surface area is 170 Å². The van der Waals surface area contributed by atoms with Gasteiger partial charge in [0, 0.05) is 34.3 Å². The van der Waals surface area contributed by atoms with Gasteiger partial charge in [-0.2, -0.15) is 0 Å². The summed E-state index contributed by atoms with van der Waals surface area (Å²) in [5, 5.41) is 0.431. The van der Waals surface area contributed by atoms with E-state index < -0.39 is 5.41 Å². The molecular formula is C20H18ClN3O3S. The Morgan fingerprint density at radius 2 is 2.00 bits per heavy atom.